The molecule has 1 atom stereocenters. The van der Waals surface area contributed by atoms with Gasteiger partial charge in [-0.05, 0) is 31.6 Å². The van der Waals surface area contributed by atoms with Crippen molar-refractivity contribution in [3.8, 4) is 0 Å². The van der Waals surface area contributed by atoms with Crippen molar-refractivity contribution in [2.45, 2.75) is 65.2 Å². The van der Waals surface area contributed by atoms with E-state index in [1.54, 1.807) is 11.3 Å². The van der Waals surface area contributed by atoms with Gasteiger partial charge in [0.2, 0.25) is 11.8 Å². The van der Waals surface area contributed by atoms with Gasteiger partial charge in [0.05, 0.1) is 5.69 Å². The first-order chi connectivity index (χ1) is 11.1. The Morgan fingerprint density at radius 3 is 2.74 bits per heavy atom. The molecule has 0 radical (unpaired) electrons. The van der Waals surface area contributed by atoms with Crippen LogP contribution in [0.4, 0.5) is 5.13 Å². The molecule has 1 unspecified atom stereocenters. The van der Waals surface area contributed by atoms with E-state index in [-0.39, 0.29) is 24.7 Å². The first kappa shape index (κ1) is 17.9. The van der Waals surface area contributed by atoms with E-state index in [9.17, 15) is 9.59 Å². The average molecular weight is 337 g/mol. The predicted octanol–water partition coefficient (Wildman–Crippen LogP) is 3.29. The van der Waals surface area contributed by atoms with Gasteiger partial charge in [0.15, 0.2) is 5.13 Å². The summed E-state index contributed by atoms with van der Waals surface area (Å²) < 4.78 is 0. The molecule has 2 rings (SSSR count). The molecule has 0 bridgehead atoms. The van der Waals surface area contributed by atoms with Crippen LogP contribution >= 0.6 is 11.3 Å². The SMILES string of the molecule is CCCNC(=O)CCC(=O)Nc1nc2c(s1)CC(CCC)CC2. The van der Waals surface area contributed by atoms with Crippen molar-refractivity contribution in [3.05, 3.63) is 10.6 Å². The smallest absolute Gasteiger partial charge is 0.226 e. The largest absolute Gasteiger partial charge is 0.356 e. The summed E-state index contributed by atoms with van der Waals surface area (Å²) in [6.07, 6.45) is 7.15. The molecule has 0 fully saturated rings. The Hall–Kier alpha value is -1.43. The second kappa shape index (κ2) is 9.01. The number of thiazole rings is 1. The number of nitrogens with zero attached hydrogens (tertiary/aromatic N) is 1. The number of amides is 2. The van der Waals surface area contributed by atoms with E-state index in [4.69, 9.17) is 0 Å². The summed E-state index contributed by atoms with van der Waals surface area (Å²) in [7, 11) is 0. The molecule has 0 aliphatic heterocycles. The van der Waals surface area contributed by atoms with Crippen LogP contribution in [0.15, 0.2) is 0 Å². The number of hydrogen-bond acceptors (Lipinski definition) is 4. The van der Waals surface area contributed by atoms with Crippen LogP contribution in [0.2, 0.25) is 0 Å². The normalized spacial score (nSPS) is 16.7. The maximum Gasteiger partial charge on any atom is 0.226 e. The maximum absolute atomic E-state index is 11.9. The van der Waals surface area contributed by atoms with Crippen molar-refractivity contribution in [3.63, 3.8) is 0 Å². The van der Waals surface area contributed by atoms with Crippen LogP contribution in [0, 0.1) is 5.92 Å². The number of aromatic nitrogens is 1. The predicted molar refractivity (Wildman–Crippen MR) is 93.7 cm³/mol. The summed E-state index contributed by atoms with van der Waals surface area (Å²) in [4.78, 5) is 29.3. The van der Waals surface area contributed by atoms with Gasteiger partial charge in [-0.15, -0.1) is 11.3 Å². The Morgan fingerprint density at radius 1 is 1.22 bits per heavy atom. The molecule has 128 valence electrons. The molecule has 1 aliphatic carbocycles. The van der Waals surface area contributed by atoms with Gasteiger partial charge in [-0.2, -0.15) is 0 Å². The average Bonchev–Trinajstić information content (AvgIpc) is 2.92. The summed E-state index contributed by atoms with van der Waals surface area (Å²) in [5, 5.41) is 6.31. The third-order valence-corrected chi connectivity index (χ3v) is 5.17. The van der Waals surface area contributed by atoms with Crippen molar-refractivity contribution < 1.29 is 9.59 Å². The summed E-state index contributed by atoms with van der Waals surface area (Å²) in [5.74, 6) is 0.564. The lowest BCUT2D eigenvalue weighted by Crippen LogP contribution is -2.25. The van der Waals surface area contributed by atoms with Gasteiger partial charge in [0.1, 0.15) is 0 Å². The number of anilines is 1. The molecular weight excluding hydrogens is 310 g/mol. The molecular formula is C17H27N3O2S. The number of rotatable bonds is 8. The second-order valence-corrected chi connectivity index (χ2v) is 7.27. The Kier molecular flexibility index (Phi) is 7.02. The Labute approximate surface area is 142 Å². The highest BCUT2D eigenvalue weighted by molar-refractivity contribution is 7.15. The molecule has 0 saturated carbocycles. The zero-order chi connectivity index (χ0) is 16.7. The molecule has 2 N–H and O–H groups in total. The number of hydrogen-bond donors (Lipinski definition) is 2. The van der Waals surface area contributed by atoms with E-state index < -0.39 is 0 Å². The summed E-state index contributed by atoms with van der Waals surface area (Å²) in [6.45, 7) is 4.89. The van der Waals surface area contributed by atoms with Gasteiger partial charge < -0.3 is 10.6 Å². The zero-order valence-electron chi connectivity index (χ0n) is 14.1. The summed E-state index contributed by atoms with van der Waals surface area (Å²) in [5.41, 5.74) is 1.15. The van der Waals surface area contributed by atoms with Crippen molar-refractivity contribution in [1.29, 1.82) is 0 Å². The van der Waals surface area contributed by atoms with E-state index in [0.29, 0.717) is 11.7 Å². The minimum Gasteiger partial charge on any atom is -0.356 e. The van der Waals surface area contributed by atoms with Crippen molar-refractivity contribution >= 4 is 28.3 Å². The molecule has 6 heteroatoms. The fourth-order valence-corrected chi connectivity index (χ4v) is 4.05. The van der Waals surface area contributed by atoms with Gasteiger partial charge in [-0.3, -0.25) is 9.59 Å². The summed E-state index contributed by atoms with van der Waals surface area (Å²) in [6, 6.07) is 0. The lowest BCUT2D eigenvalue weighted by atomic mass is 9.88. The minimum atomic E-state index is -0.132. The number of carbonyl (C=O) groups is 2. The monoisotopic (exact) mass is 337 g/mol. The summed E-state index contributed by atoms with van der Waals surface area (Å²) >= 11 is 1.60. The van der Waals surface area contributed by atoms with E-state index in [1.165, 1.54) is 24.1 Å². The van der Waals surface area contributed by atoms with Crippen LogP contribution in [0.5, 0.6) is 0 Å². The van der Waals surface area contributed by atoms with Gasteiger partial charge in [-0.1, -0.05) is 26.7 Å². The molecule has 23 heavy (non-hydrogen) atoms. The molecule has 0 saturated heterocycles. The number of carbonyl (C=O) groups excluding carboxylic acids is 2. The van der Waals surface area contributed by atoms with Gasteiger partial charge in [0.25, 0.3) is 0 Å². The van der Waals surface area contributed by atoms with Crippen LogP contribution in [0.25, 0.3) is 0 Å². The fraction of sp³-hybridized carbons (Fsp3) is 0.706. The molecule has 1 aromatic rings. The Balaban J connectivity index is 1.80. The highest BCUT2D eigenvalue weighted by Crippen LogP contribution is 2.34. The topological polar surface area (TPSA) is 71.1 Å². The second-order valence-electron chi connectivity index (χ2n) is 6.18. The van der Waals surface area contributed by atoms with E-state index in [0.717, 1.165) is 30.9 Å². The van der Waals surface area contributed by atoms with Crippen LogP contribution in [-0.2, 0) is 22.4 Å². The Morgan fingerprint density at radius 2 is 2.00 bits per heavy atom. The fourth-order valence-electron chi connectivity index (χ4n) is 2.91. The van der Waals surface area contributed by atoms with Crippen molar-refractivity contribution in [1.82, 2.24) is 10.3 Å². The molecule has 2 amide bonds. The first-order valence-corrected chi connectivity index (χ1v) is 9.49. The van der Waals surface area contributed by atoms with Crippen LogP contribution in [0.1, 0.15) is 62.9 Å². The number of aryl methyl sites for hydroxylation is 1. The minimum absolute atomic E-state index is 0.0668. The first-order valence-electron chi connectivity index (χ1n) is 8.67. The van der Waals surface area contributed by atoms with Crippen LogP contribution in [-0.4, -0.2) is 23.3 Å². The van der Waals surface area contributed by atoms with E-state index >= 15 is 0 Å². The van der Waals surface area contributed by atoms with E-state index in [2.05, 4.69) is 22.5 Å². The van der Waals surface area contributed by atoms with E-state index in [1.807, 2.05) is 6.92 Å². The molecule has 0 aromatic carbocycles. The van der Waals surface area contributed by atoms with Gasteiger partial charge in [0, 0.05) is 24.3 Å². The van der Waals surface area contributed by atoms with Gasteiger partial charge in [-0.25, -0.2) is 4.98 Å². The highest BCUT2D eigenvalue weighted by atomic mass is 32.1. The molecule has 1 aliphatic rings. The number of nitrogens with one attached hydrogen (secondary N) is 2. The van der Waals surface area contributed by atoms with Crippen LogP contribution < -0.4 is 10.6 Å². The van der Waals surface area contributed by atoms with Crippen molar-refractivity contribution in [2.75, 3.05) is 11.9 Å². The van der Waals surface area contributed by atoms with Crippen LogP contribution in [0.3, 0.4) is 0 Å². The molecule has 1 aromatic heterocycles. The molecule has 5 nitrogen and oxygen atoms in total. The lowest BCUT2D eigenvalue weighted by molar-refractivity contribution is -0.124. The third kappa shape index (κ3) is 5.61. The third-order valence-electron chi connectivity index (χ3n) is 4.14. The Bertz CT molecular complexity index is 542. The molecule has 0 spiro atoms. The highest BCUT2D eigenvalue weighted by Gasteiger charge is 2.22. The van der Waals surface area contributed by atoms with Crippen molar-refractivity contribution in [2.24, 2.45) is 5.92 Å². The zero-order valence-corrected chi connectivity index (χ0v) is 14.9. The maximum atomic E-state index is 11.9. The van der Waals surface area contributed by atoms with Gasteiger partial charge >= 0.3 is 0 Å². The standard InChI is InChI=1S/C17H27N3O2S/c1-3-5-12-6-7-13-14(11-12)23-17(19-13)20-16(22)9-8-15(21)18-10-4-2/h12H,3-11H2,1-2H3,(H,18,21)(H,19,20,22). The molecule has 1 heterocycles. The quantitative estimate of drug-likeness (QED) is 0.764. The number of fused-ring (bicyclic) bond motifs is 1. The lowest BCUT2D eigenvalue weighted by Gasteiger charge is -2.19.